The number of nitro groups is 1. The van der Waals surface area contributed by atoms with E-state index < -0.39 is 22.7 Å². The van der Waals surface area contributed by atoms with Gasteiger partial charge in [-0.2, -0.15) is 5.10 Å². The molecule has 2 atom stereocenters. The molecule has 0 bridgehead atoms. The first-order chi connectivity index (χ1) is 9.40. The Morgan fingerprint density at radius 3 is 2.65 bits per heavy atom. The summed E-state index contributed by atoms with van der Waals surface area (Å²) in [5.41, 5.74) is 0.439. The van der Waals surface area contributed by atoms with E-state index in [1.54, 1.807) is 27.0 Å². The minimum Gasteiger partial charge on any atom is -0.466 e. The van der Waals surface area contributed by atoms with Crippen LogP contribution < -0.4 is 0 Å². The van der Waals surface area contributed by atoms with Gasteiger partial charge in [-0.1, -0.05) is 18.5 Å². The molecule has 8 heteroatoms. The highest BCUT2D eigenvalue weighted by Gasteiger charge is 2.35. The fraction of sp³-hybridized carbons (Fsp3) is 0.667. The Balaban J connectivity index is 3.09. The standard InChI is InChI=1S/C12H18ClN3O4/c1-4-8(12(17)20-5-2)9(7-16(18)19)10-6-11(13)15(3)14-10/h6,8-9H,4-5,7H2,1-3H3/t8?,9-/m0/s1. The molecule has 1 aromatic rings. The summed E-state index contributed by atoms with van der Waals surface area (Å²) in [6, 6.07) is 1.55. The number of hydrogen-bond donors (Lipinski definition) is 0. The summed E-state index contributed by atoms with van der Waals surface area (Å²) in [4.78, 5) is 22.4. The topological polar surface area (TPSA) is 87.3 Å². The van der Waals surface area contributed by atoms with E-state index in [0.717, 1.165) is 0 Å². The quantitative estimate of drug-likeness (QED) is 0.437. The normalized spacial score (nSPS) is 13.8. The van der Waals surface area contributed by atoms with Gasteiger partial charge < -0.3 is 4.74 Å². The SMILES string of the molecule is CCOC(=O)C(CC)[C@H](C[N+](=O)[O-])c1cc(Cl)n(C)n1. The summed E-state index contributed by atoms with van der Waals surface area (Å²) in [6.45, 7) is 3.35. The maximum Gasteiger partial charge on any atom is 0.309 e. The molecule has 0 aliphatic heterocycles. The van der Waals surface area contributed by atoms with Crippen LogP contribution in [0.15, 0.2) is 6.07 Å². The lowest BCUT2D eigenvalue weighted by Gasteiger charge is -2.19. The summed E-state index contributed by atoms with van der Waals surface area (Å²) < 4.78 is 6.41. The van der Waals surface area contributed by atoms with E-state index in [4.69, 9.17) is 16.3 Å². The van der Waals surface area contributed by atoms with Crippen molar-refractivity contribution in [1.29, 1.82) is 0 Å². The number of aryl methyl sites for hydroxylation is 1. The highest BCUT2D eigenvalue weighted by molar-refractivity contribution is 6.29. The first kappa shape index (κ1) is 16.4. The van der Waals surface area contributed by atoms with Crippen LogP contribution in [0.4, 0.5) is 0 Å². The Hall–Kier alpha value is -1.63. The van der Waals surface area contributed by atoms with Crippen molar-refractivity contribution in [1.82, 2.24) is 9.78 Å². The van der Waals surface area contributed by atoms with Gasteiger partial charge in [0, 0.05) is 12.0 Å². The van der Waals surface area contributed by atoms with Gasteiger partial charge in [0.25, 0.3) is 0 Å². The van der Waals surface area contributed by atoms with Crippen LogP contribution in [-0.4, -0.2) is 33.8 Å². The number of nitrogens with zero attached hydrogens (tertiary/aromatic N) is 3. The number of hydrogen-bond acceptors (Lipinski definition) is 5. The van der Waals surface area contributed by atoms with Gasteiger partial charge in [-0.25, -0.2) is 0 Å². The Morgan fingerprint density at radius 2 is 2.25 bits per heavy atom. The highest BCUT2D eigenvalue weighted by Crippen LogP contribution is 2.29. The molecule has 0 spiro atoms. The second-order valence-corrected chi connectivity index (χ2v) is 4.79. The largest absolute Gasteiger partial charge is 0.466 e. The lowest BCUT2D eigenvalue weighted by atomic mass is 9.87. The van der Waals surface area contributed by atoms with Crippen molar-refractivity contribution in [2.24, 2.45) is 13.0 Å². The van der Waals surface area contributed by atoms with Crippen molar-refractivity contribution >= 4 is 17.6 Å². The Kier molecular flexibility index (Phi) is 5.94. The van der Waals surface area contributed by atoms with E-state index >= 15 is 0 Å². The summed E-state index contributed by atoms with van der Waals surface area (Å²) in [7, 11) is 1.64. The predicted octanol–water partition coefficient (Wildman–Crippen LogP) is 2.02. The lowest BCUT2D eigenvalue weighted by molar-refractivity contribution is -0.484. The number of carbonyl (C=O) groups is 1. The van der Waals surface area contributed by atoms with Gasteiger partial charge in [0.15, 0.2) is 0 Å². The first-order valence-corrected chi connectivity index (χ1v) is 6.76. The van der Waals surface area contributed by atoms with Crippen LogP contribution in [0.1, 0.15) is 31.9 Å². The van der Waals surface area contributed by atoms with Crippen molar-refractivity contribution in [3.05, 3.63) is 27.0 Å². The molecule has 20 heavy (non-hydrogen) atoms. The first-order valence-electron chi connectivity index (χ1n) is 6.38. The summed E-state index contributed by atoms with van der Waals surface area (Å²) in [5.74, 6) is -1.69. The summed E-state index contributed by atoms with van der Waals surface area (Å²) in [6.07, 6.45) is 0.436. The predicted molar refractivity (Wildman–Crippen MR) is 73.2 cm³/mol. The second-order valence-electron chi connectivity index (χ2n) is 4.40. The average molecular weight is 304 g/mol. The number of ether oxygens (including phenoxy) is 1. The smallest absolute Gasteiger partial charge is 0.309 e. The van der Waals surface area contributed by atoms with E-state index in [-0.39, 0.29) is 13.2 Å². The van der Waals surface area contributed by atoms with Gasteiger partial charge >= 0.3 is 5.97 Å². The Bertz CT molecular complexity index is 470. The molecule has 0 radical (unpaired) electrons. The van der Waals surface area contributed by atoms with Crippen molar-refractivity contribution in [3.8, 4) is 0 Å². The van der Waals surface area contributed by atoms with Gasteiger partial charge in [0.2, 0.25) is 6.54 Å². The monoisotopic (exact) mass is 303 g/mol. The van der Waals surface area contributed by atoms with Crippen LogP contribution in [-0.2, 0) is 16.6 Å². The molecule has 0 fully saturated rings. The zero-order valence-electron chi connectivity index (χ0n) is 11.7. The zero-order valence-corrected chi connectivity index (χ0v) is 12.5. The third-order valence-corrected chi connectivity index (χ3v) is 3.44. The zero-order chi connectivity index (χ0) is 15.3. The molecule has 112 valence electrons. The van der Waals surface area contributed by atoms with Crippen molar-refractivity contribution in [2.75, 3.05) is 13.2 Å². The lowest BCUT2D eigenvalue weighted by Crippen LogP contribution is -2.29. The number of halogens is 1. The van der Waals surface area contributed by atoms with Crippen molar-refractivity contribution in [2.45, 2.75) is 26.2 Å². The van der Waals surface area contributed by atoms with E-state index in [9.17, 15) is 14.9 Å². The van der Waals surface area contributed by atoms with Crippen molar-refractivity contribution in [3.63, 3.8) is 0 Å². The molecule has 0 N–H and O–H groups in total. The van der Waals surface area contributed by atoms with Gasteiger partial charge in [0.1, 0.15) is 5.15 Å². The molecular weight excluding hydrogens is 286 g/mol. The Morgan fingerprint density at radius 1 is 1.60 bits per heavy atom. The Labute approximate surface area is 122 Å². The van der Waals surface area contributed by atoms with Gasteiger partial charge in [-0.05, 0) is 19.4 Å². The van der Waals surface area contributed by atoms with Crippen LogP contribution in [0.3, 0.4) is 0 Å². The number of esters is 1. The van der Waals surface area contributed by atoms with Crippen LogP contribution >= 0.6 is 11.6 Å². The average Bonchev–Trinajstić information content (AvgIpc) is 2.69. The molecule has 0 amide bonds. The van der Waals surface area contributed by atoms with Gasteiger partial charge in [0.05, 0.1) is 24.1 Å². The number of rotatable bonds is 7. The molecule has 1 rings (SSSR count). The second kappa shape index (κ2) is 7.23. The third-order valence-electron chi connectivity index (χ3n) is 3.08. The van der Waals surface area contributed by atoms with Crippen LogP contribution in [0.25, 0.3) is 0 Å². The molecule has 0 aromatic carbocycles. The van der Waals surface area contributed by atoms with Gasteiger partial charge in [-0.3, -0.25) is 19.6 Å². The van der Waals surface area contributed by atoms with Gasteiger partial charge in [-0.15, -0.1) is 0 Å². The molecular formula is C12H18ClN3O4. The van der Waals surface area contributed by atoms with Crippen LogP contribution in [0.5, 0.6) is 0 Å². The van der Waals surface area contributed by atoms with E-state index in [1.807, 2.05) is 0 Å². The molecule has 0 saturated heterocycles. The summed E-state index contributed by atoms with van der Waals surface area (Å²) in [5, 5.41) is 15.4. The number of carbonyl (C=O) groups excluding carboxylic acids is 1. The molecule has 0 aliphatic rings. The summed E-state index contributed by atoms with van der Waals surface area (Å²) >= 11 is 5.91. The van der Waals surface area contributed by atoms with Crippen LogP contribution in [0.2, 0.25) is 5.15 Å². The minimum atomic E-state index is -0.646. The third kappa shape index (κ3) is 3.93. The van der Waals surface area contributed by atoms with E-state index in [0.29, 0.717) is 17.3 Å². The molecule has 0 saturated carbocycles. The van der Waals surface area contributed by atoms with E-state index in [1.165, 1.54) is 4.68 Å². The molecule has 0 aliphatic carbocycles. The maximum atomic E-state index is 11.9. The number of aromatic nitrogens is 2. The van der Waals surface area contributed by atoms with Crippen LogP contribution in [0, 0.1) is 16.0 Å². The van der Waals surface area contributed by atoms with E-state index in [2.05, 4.69) is 5.10 Å². The molecule has 1 unspecified atom stereocenters. The molecule has 1 aromatic heterocycles. The van der Waals surface area contributed by atoms with Crippen molar-refractivity contribution < 1.29 is 14.5 Å². The molecule has 1 heterocycles. The fourth-order valence-electron chi connectivity index (χ4n) is 2.10. The molecule has 7 nitrogen and oxygen atoms in total. The minimum absolute atomic E-state index is 0.240. The maximum absolute atomic E-state index is 11.9. The highest BCUT2D eigenvalue weighted by atomic mass is 35.5. The fourth-order valence-corrected chi connectivity index (χ4v) is 2.25.